The number of carbonyl (C=O) groups is 1. The van der Waals surface area contributed by atoms with Crippen LogP contribution in [0.2, 0.25) is 0 Å². The molecule has 0 aliphatic carbocycles. The van der Waals surface area contributed by atoms with Crippen LogP contribution >= 0.6 is 15.9 Å². The molecule has 1 aliphatic rings. The molecule has 0 aromatic heterocycles. The molecule has 1 atom stereocenters. The van der Waals surface area contributed by atoms with Crippen molar-refractivity contribution in [1.82, 2.24) is 5.32 Å². The number of halogens is 1. The summed E-state index contributed by atoms with van der Waals surface area (Å²) in [5, 5.41) is 5.40. The molecule has 7 heteroatoms. The van der Waals surface area contributed by atoms with Gasteiger partial charge in [-0.25, -0.2) is 13.2 Å². The summed E-state index contributed by atoms with van der Waals surface area (Å²) in [5.41, 5.74) is 0.686. The topological polar surface area (TPSA) is 75.3 Å². The molecule has 1 aliphatic heterocycles. The zero-order valence-corrected chi connectivity index (χ0v) is 12.6. The fourth-order valence-electron chi connectivity index (χ4n) is 2.01. The molecule has 1 aromatic carbocycles. The van der Waals surface area contributed by atoms with Gasteiger partial charge in [-0.15, -0.1) is 0 Å². The lowest BCUT2D eigenvalue weighted by atomic mass is 10.1. The van der Waals surface area contributed by atoms with Gasteiger partial charge in [-0.05, 0) is 30.5 Å². The van der Waals surface area contributed by atoms with Gasteiger partial charge in [-0.1, -0.05) is 22.0 Å². The maximum Gasteiger partial charge on any atom is 0.319 e. The second-order valence-corrected chi connectivity index (χ2v) is 7.76. The number of sulfone groups is 1. The van der Waals surface area contributed by atoms with Crippen LogP contribution in [0.15, 0.2) is 28.7 Å². The average Bonchev–Trinajstić information content (AvgIpc) is 2.66. The van der Waals surface area contributed by atoms with Gasteiger partial charge >= 0.3 is 6.03 Å². The predicted octanol–water partition coefficient (Wildman–Crippen LogP) is 2.01. The van der Waals surface area contributed by atoms with Gasteiger partial charge in [0.1, 0.15) is 0 Å². The SMILES string of the molecule is O=C(NCC1CCS(=O)(=O)C1)Nc1cccc(Br)c1. The number of urea groups is 1. The third-order valence-electron chi connectivity index (χ3n) is 2.96. The standard InChI is InChI=1S/C12H15BrN2O3S/c13-10-2-1-3-11(6-10)15-12(16)14-7-9-4-5-19(17,18)8-9/h1-3,6,9H,4-5,7-8H2,(H2,14,15,16). The highest BCUT2D eigenvalue weighted by molar-refractivity contribution is 9.10. The van der Waals surface area contributed by atoms with Crippen molar-refractivity contribution in [2.24, 2.45) is 5.92 Å². The normalized spacial score (nSPS) is 21.0. The van der Waals surface area contributed by atoms with E-state index < -0.39 is 9.84 Å². The minimum atomic E-state index is -2.89. The summed E-state index contributed by atoms with van der Waals surface area (Å²) >= 11 is 3.32. The second kappa shape index (κ2) is 5.92. The van der Waals surface area contributed by atoms with E-state index in [-0.39, 0.29) is 23.5 Å². The Hall–Kier alpha value is -1.08. The molecule has 1 saturated heterocycles. The summed E-state index contributed by atoms with van der Waals surface area (Å²) in [4.78, 5) is 11.7. The Bertz CT molecular complexity index is 574. The van der Waals surface area contributed by atoms with Crippen LogP contribution in [-0.2, 0) is 9.84 Å². The van der Waals surface area contributed by atoms with Crippen LogP contribution in [-0.4, -0.2) is 32.5 Å². The van der Waals surface area contributed by atoms with Crippen LogP contribution < -0.4 is 10.6 Å². The molecule has 0 spiro atoms. The monoisotopic (exact) mass is 346 g/mol. The Morgan fingerprint density at radius 2 is 2.21 bits per heavy atom. The molecule has 2 N–H and O–H groups in total. The van der Waals surface area contributed by atoms with Crippen molar-refractivity contribution >= 4 is 37.5 Å². The number of anilines is 1. The number of nitrogens with one attached hydrogen (secondary N) is 2. The molecule has 5 nitrogen and oxygen atoms in total. The van der Waals surface area contributed by atoms with Gasteiger partial charge in [0.15, 0.2) is 9.84 Å². The van der Waals surface area contributed by atoms with Gasteiger partial charge in [0.2, 0.25) is 0 Å². The lowest BCUT2D eigenvalue weighted by Gasteiger charge is -2.11. The van der Waals surface area contributed by atoms with Crippen molar-refractivity contribution in [2.75, 3.05) is 23.4 Å². The van der Waals surface area contributed by atoms with E-state index in [0.29, 0.717) is 18.7 Å². The first-order valence-corrected chi connectivity index (χ1v) is 8.57. The molecular formula is C12H15BrN2O3S. The molecule has 2 amide bonds. The molecular weight excluding hydrogens is 332 g/mol. The van der Waals surface area contributed by atoms with E-state index in [1.54, 1.807) is 12.1 Å². The third kappa shape index (κ3) is 4.50. The van der Waals surface area contributed by atoms with Crippen molar-refractivity contribution in [2.45, 2.75) is 6.42 Å². The van der Waals surface area contributed by atoms with Crippen molar-refractivity contribution in [3.8, 4) is 0 Å². The quantitative estimate of drug-likeness (QED) is 0.878. The van der Waals surface area contributed by atoms with Crippen molar-refractivity contribution in [3.63, 3.8) is 0 Å². The Labute approximate surface area is 120 Å². The Morgan fingerprint density at radius 1 is 1.42 bits per heavy atom. The Balaban J connectivity index is 1.79. The van der Waals surface area contributed by atoms with Crippen LogP contribution in [0.25, 0.3) is 0 Å². The van der Waals surface area contributed by atoms with Gasteiger partial charge in [-0.3, -0.25) is 0 Å². The lowest BCUT2D eigenvalue weighted by molar-refractivity contribution is 0.250. The molecule has 0 bridgehead atoms. The number of amides is 2. The summed E-state index contributed by atoms with van der Waals surface area (Å²) in [7, 11) is -2.89. The molecule has 1 heterocycles. The first-order valence-electron chi connectivity index (χ1n) is 5.95. The van der Waals surface area contributed by atoms with Gasteiger partial charge in [0.25, 0.3) is 0 Å². The highest BCUT2D eigenvalue weighted by atomic mass is 79.9. The molecule has 19 heavy (non-hydrogen) atoms. The lowest BCUT2D eigenvalue weighted by Crippen LogP contribution is -2.33. The zero-order chi connectivity index (χ0) is 13.9. The minimum Gasteiger partial charge on any atom is -0.338 e. The fourth-order valence-corrected chi connectivity index (χ4v) is 4.27. The van der Waals surface area contributed by atoms with E-state index in [1.165, 1.54) is 0 Å². The summed E-state index contributed by atoms with van der Waals surface area (Å²) < 4.78 is 23.4. The van der Waals surface area contributed by atoms with E-state index >= 15 is 0 Å². The van der Waals surface area contributed by atoms with Crippen LogP contribution in [0.3, 0.4) is 0 Å². The summed E-state index contributed by atoms with van der Waals surface area (Å²) in [5.74, 6) is 0.426. The number of carbonyl (C=O) groups excluding carboxylic acids is 1. The summed E-state index contributed by atoms with van der Waals surface area (Å²) in [6, 6.07) is 6.95. The summed E-state index contributed by atoms with van der Waals surface area (Å²) in [6.45, 7) is 0.388. The van der Waals surface area contributed by atoms with Crippen LogP contribution in [0.4, 0.5) is 10.5 Å². The molecule has 0 saturated carbocycles. The number of benzene rings is 1. The number of rotatable bonds is 3. The maximum absolute atomic E-state index is 11.7. The summed E-state index contributed by atoms with van der Waals surface area (Å²) in [6.07, 6.45) is 0.625. The highest BCUT2D eigenvalue weighted by Gasteiger charge is 2.27. The van der Waals surface area contributed by atoms with E-state index in [2.05, 4.69) is 26.6 Å². The Morgan fingerprint density at radius 3 is 2.84 bits per heavy atom. The van der Waals surface area contributed by atoms with E-state index in [1.807, 2.05) is 12.1 Å². The number of hydrogen-bond acceptors (Lipinski definition) is 3. The Kier molecular flexibility index (Phi) is 4.46. The van der Waals surface area contributed by atoms with Gasteiger partial charge in [-0.2, -0.15) is 0 Å². The first kappa shape index (κ1) is 14.3. The molecule has 0 radical (unpaired) electrons. The fraction of sp³-hybridized carbons (Fsp3) is 0.417. The van der Waals surface area contributed by atoms with E-state index in [9.17, 15) is 13.2 Å². The van der Waals surface area contributed by atoms with Crippen molar-refractivity contribution in [1.29, 1.82) is 0 Å². The van der Waals surface area contributed by atoms with Crippen LogP contribution in [0, 0.1) is 5.92 Å². The van der Waals surface area contributed by atoms with Gasteiger partial charge < -0.3 is 10.6 Å². The smallest absolute Gasteiger partial charge is 0.319 e. The van der Waals surface area contributed by atoms with E-state index in [4.69, 9.17) is 0 Å². The zero-order valence-electron chi connectivity index (χ0n) is 10.2. The second-order valence-electron chi connectivity index (χ2n) is 4.61. The minimum absolute atomic E-state index is 0.0262. The van der Waals surface area contributed by atoms with Crippen molar-refractivity contribution in [3.05, 3.63) is 28.7 Å². The van der Waals surface area contributed by atoms with Gasteiger partial charge in [0.05, 0.1) is 11.5 Å². The van der Waals surface area contributed by atoms with Crippen molar-refractivity contribution < 1.29 is 13.2 Å². The maximum atomic E-state index is 11.7. The third-order valence-corrected chi connectivity index (χ3v) is 5.29. The van der Waals surface area contributed by atoms with Crippen LogP contribution in [0.1, 0.15) is 6.42 Å². The van der Waals surface area contributed by atoms with Gasteiger partial charge in [0, 0.05) is 16.7 Å². The largest absolute Gasteiger partial charge is 0.338 e. The molecule has 1 unspecified atom stereocenters. The molecule has 2 rings (SSSR count). The molecule has 1 fully saturated rings. The van der Waals surface area contributed by atoms with E-state index in [0.717, 1.165) is 4.47 Å². The highest BCUT2D eigenvalue weighted by Crippen LogP contribution is 2.18. The molecule has 1 aromatic rings. The molecule has 104 valence electrons. The average molecular weight is 347 g/mol. The first-order chi connectivity index (χ1) is 8.94. The van der Waals surface area contributed by atoms with Crippen LogP contribution in [0.5, 0.6) is 0 Å². The number of hydrogen-bond donors (Lipinski definition) is 2. The predicted molar refractivity (Wildman–Crippen MR) is 77.9 cm³/mol.